The topological polar surface area (TPSA) is 75.7 Å². The molecule has 1 aromatic rings. The third-order valence-corrected chi connectivity index (χ3v) is 2.86. The summed E-state index contributed by atoms with van der Waals surface area (Å²) in [7, 11) is 0. The number of phenolic OH excluding ortho intramolecular Hbond substituents is 1. The molecule has 1 aromatic carbocycles. The predicted octanol–water partition coefficient (Wildman–Crippen LogP) is 0.973. The smallest absolute Gasteiger partial charge is 0.166 e. The van der Waals surface area contributed by atoms with Crippen LogP contribution < -0.4 is 10.5 Å². The first kappa shape index (κ1) is 10.5. The second kappa shape index (κ2) is 3.89. The van der Waals surface area contributed by atoms with E-state index in [1.807, 2.05) is 0 Å². The molecule has 1 aliphatic rings. The Morgan fingerprint density at radius 1 is 1.60 bits per heavy atom. The van der Waals surface area contributed by atoms with E-state index in [1.165, 1.54) is 0 Å². The first-order chi connectivity index (χ1) is 7.15. The Morgan fingerprint density at radius 2 is 2.33 bits per heavy atom. The quantitative estimate of drug-likeness (QED) is 0.707. The summed E-state index contributed by atoms with van der Waals surface area (Å²) in [5, 5.41) is 19.3. The maximum atomic E-state index is 9.86. The number of benzene rings is 1. The maximum Gasteiger partial charge on any atom is 0.166 e. The molecule has 15 heavy (non-hydrogen) atoms. The Morgan fingerprint density at radius 3 is 3.00 bits per heavy atom. The monoisotopic (exact) mass is 229 g/mol. The molecule has 0 fully saturated rings. The lowest BCUT2D eigenvalue weighted by molar-refractivity contribution is 0.263. The van der Waals surface area contributed by atoms with Crippen molar-refractivity contribution in [2.75, 3.05) is 13.2 Å². The van der Waals surface area contributed by atoms with Crippen molar-refractivity contribution in [1.29, 1.82) is 0 Å². The van der Waals surface area contributed by atoms with E-state index >= 15 is 0 Å². The Labute approximate surface area is 92.2 Å². The van der Waals surface area contributed by atoms with E-state index in [4.69, 9.17) is 27.2 Å². The van der Waals surface area contributed by atoms with Crippen LogP contribution in [0.2, 0.25) is 5.02 Å². The summed E-state index contributed by atoms with van der Waals surface area (Å²) in [6, 6.07) is 0.947. The van der Waals surface area contributed by atoms with Gasteiger partial charge in [-0.1, -0.05) is 11.6 Å². The van der Waals surface area contributed by atoms with Gasteiger partial charge < -0.3 is 20.7 Å². The summed E-state index contributed by atoms with van der Waals surface area (Å²) in [5.74, 6) is 0.398. The minimum Gasteiger partial charge on any atom is -0.504 e. The van der Waals surface area contributed by atoms with Crippen LogP contribution in [0.4, 0.5) is 0 Å². The Bertz CT molecular complexity index is 395. The van der Waals surface area contributed by atoms with Crippen molar-refractivity contribution in [2.45, 2.75) is 12.5 Å². The summed E-state index contributed by atoms with van der Waals surface area (Å²) in [5.41, 5.74) is 6.86. The van der Waals surface area contributed by atoms with Crippen LogP contribution in [0, 0.1) is 0 Å². The van der Waals surface area contributed by atoms with Crippen molar-refractivity contribution in [3.8, 4) is 11.5 Å². The van der Waals surface area contributed by atoms with E-state index in [9.17, 15) is 5.11 Å². The zero-order valence-electron chi connectivity index (χ0n) is 8.03. The minimum atomic E-state index is -0.642. The molecular formula is C10H12ClNO3. The largest absolute Gasteiger partial charge is 0.504 e. The number of fused-ring (bicyclic) bond motifs is 1. The molecular weight excluding hydrogens is 218 g/mol. The third kappa shape index (κ3) is 1.65. The van der Waals surface area contributed by atoms with Crippen LogP contribution in [-0.4, -0.2) is 23.4 Å². The van der Waals surface area contributed by atoms with Crippen molar-refractivity contribution in [1.82, 2.24) is 0 Å². The molecule has 0 bridgehead atoms. The van der Waals surface area contributed by atoms with Crippen LogP contribution in [0.1, 0.15) is 17.2 Å². The van der Waals surface area contributed by atoms with E-state index in [0.717, 1.165) is 5.56 Å². The van der Waals surface area contributed by atoms with Gasteiger partial charge in [0.25, 0.3) is 0 Å². The van der Waals surface area contributed by atoms with E-state index in [2.05, 4.69) is 0 Å². The molecule has 0 saturated heterocycles. The second-order valence-electron chi connectivity index (χ2n) is 3.49. The molecule has 0 spiro atoms. The number of rotatable bonds is 2. The average molecular weight is 230 g/mol. The summed E-state index contributed by atoms with van der Waals surface area (Å²) >= 11 is 6.02. The van der Waals surface area contributed by atoms with Gasteiger partial charge >= 0.3 is 0 Å². The normalized spacial score (nSPS) is 15.9. The van der Waals surface area contributed by atoms with E-state index in [0.29, 0.717) is 29.4 Å². The van der Waals surface area contributed by atoms with Crippen LogP contribution >= 0.6 is 11.6 Å². The second-order valence-corrected chi connectivity index (χ2v) is 3.90. The number of ether oxygens (including phenoxy) is 1. The Hall–Kier alpha value is -0.970. The van der Waals surface area contributed by atoms with Gasteiger partial charge in [-0.3, -0.25) is 0 Å². The van der Waals surface area contributed by atoms with Gasteiger partial charge in [0.15, 0.2) is 11.5 Å². The van der Waals surface area contributed by atoms with E-state index in [-0.39, 0.29) is 12.4 Å². The molecule has 4 N–H and O–H groups in total. The zero-order chi connectivity index (χ0) is 11.0. The molecule has 4 nitrogen and oxygen atoms in total. The molecule has 1 aliphatic heterocycles. The summed E-state index contributed by atoms with van der Waals surface area (Å²) < 4.78 is 5.27. The SMILES string of the molecule is NC(CO)c1cc(Cl)c2c(c1O)OCC2. The van der Waals surface area contributed by atoms with Gasteiger partial charge in [-0.25, -0.2) is 0 Å². The fraction of sp³-hybridized carbons (Fsp3) is 0.400. The highest BCUT2D eigenvalue weighted by Crippen LogP contribution is 2.43. The van der Waals surface area contributed by atoms with Crippen molar-refractivity contribution < 1.29 is 14.9 Å². The standard InChI is InChI=1S/C10H12ClNO3/c11-7-3-6(8(12)4-13)9(14)10-5(7)1-2-15-10/h3,8,13-14H,1-2,4,12H2. The zero-order valence-corrected chi connectivity index (χ0v) is 8.79. The van der Waals surface area contributed by atoms with E-state index in [1.54, 1.807) is 6.07 Å². The number of aliphatic hydroxyl groups excluding tert-OH is 1. The number of halogens is 1. The van der Waals surface area contributed by atoms with Crippen molar-refractivity contribution >= 4 is 11.6 Å². The summed E-state index contributed by atoms with van der Waals surface area (Å²) in [6.45, 7) is 0.267. The van der Waals surface area contributed by atoms with Gasteiger partial charge in [0.2, 0.25) is 0 Å². The highest BCUT2D eigenvalue weighted by atomic mass is 35.5. The van der Waals surface area contributed by atoms with Crippen LogP contribution in [0.15, 0.2) is 6.07 Å². The number of hydrogen-bond acceptors (Lipinski definition) is 4. The molecule has 82 valence electrons. The molecule has 1 heterocycles. The van der Waals surface area contributed by atoms with Crippen LogP contribution in [0.25, 0.3) is 0 Å². The minimum absolute atomic E-state index is 0.00606. The molecule has 0 aliphatic carbocycles. The molecule has 1 unspecified atom stereocenters. The number of hydrogen-bond donors (Lipinski definition) is 3. The third-order valence-electron chi connectivity index (χ3n) is 2.53. The lowest BCUT2D eigenvalue weighted by Gasteiger charge is -2.14. The van der Waals surface area contributed by atoms with Gasteiger partial charge in [-0.05, 0) is 6.07 Å². The molecule has 5 heteroatoms. The average Bonchev–Trinajstić information content (AvgIpc) is 2.71. The van der Waals surface area contributed by atoms with Gasteiger partial charge in [-0.2, -0.15) is 0 Å². The number of aromatic hydroxyl groups is 1. The number of aliphatic hydroxyl groups is 1. The first-order valence-electron chi connectivity index (χ1n) is 4.68. The van der Waals surface area contributed by atoms with Gasteiger partial charge in [-0.15, -0.1) is 0 Å². The maximum absolute atomic E-state index is 9.86. The van der Waals surface area contributed by atoms with Crippen LogP contribution in [-0.2, 0) is 6.42 Å². The molecule has 2 rings (SSSR count). The van der Waals surface area contributed by atoms with Crippen molar-refractivity contribution in [3.05, 3.63) is 22.2 Å². The van der Waals surface area contributed by atoms with Crippen LogP contribution in [0.5, 0.6) is 11.5 Å². The fourth-order valence-corrected chi connectivity index (χ4v) is 2.00. The summed E-state index contributed by atoms with van der Waals surface area (Å²) in [4.78, 5) is 0. The molecule has 0 aromatic heterocycles. The lowest BCUT2D eigenvalue weighted by Crippen LogP contribution is -2.14. The molecule has 0 saturated carbocycles. The molecule has 0 radical (unpaired) electrons. The van der Waals surface area contributed by atoms with Crippen molar-refractivity contribution in [3.63, 3.8) is 0 Å². The van der Waals surface area contributed by atoms with Gasteiger partial charge in [0.05, 0.1) is 19.3 Å². The van der Waals surface area contributed by atoms with E-state index < -0.39 is 6.04 Å². The lowest BCUT2D eigenvalue weighted by atomic mass is 10.0. The highest BCUT2D eigenvalue weighted by molar-refractivity contribution is 6.31. The number of phenols is 1. The Balaban J connectivity index is 2.54. The predicted molar refractivity (Wildman–Crippen MR) is 56.3 cm³/mol. The number of nitrogens with two attached hydrogens (primary N) is 1. The molecule has 1 atom stereocenters. The highest BCUT2D eigenvalue weighted by Gasteiger charge is 2.24. The van der Waals surface area contributed by atoms with Gasteiger partial charge in [0.1, 0.15) is 0 Å². The van der Waals surface area contributed by atoms with Crippen LogP contribution in [0.3, 0.4) is 0 Å². The van der Waals surface area contributed by atoms with Gasteiger partial charge in [0, 0.05) is 22.6 Å². The first-order valence-corrected chi connectivity index (χ1v) is 5.06. The molecule has 0 amide bonds. The summed E-state index contributed by atoms with van der Waals surface area (Å²) in [6.07, 6.45) is 0.691. The Kier molecular flexibility index (Phi) is 2.73. The van der Waals surface area contributed by atoms with Crippen molar-refractivity contribution in [2.24, 2.45) is 5.73 Å². The fourth-order valence-electron chi connectivity index (χ4n) is 1.70.